The predicted molar refractivity (Wildman–Crippen MR) is 116 cm³/mol. The number of carbonyl (C=O) groups is 1. The third-order valence-corrected chi connectivity index (χ3v) is 4.68. The number of nitrogens with one attached hydrogen (secondary N) is 1. The van der Waals surface area contributed by atoms with Gasteiger partial charge in [-0.25, -0.2) is 14.8 Å². The number of rotatable bonds is 5. The first-order chi connectivity index (χ1) is 14.2. The van der Waals surface area contributed by atoms with E-state index in [1.807, 2.05) is 54.6 Å². The van der Waals surface area contributed by atoms with Gasteiger partial charge in [0.1, 0.15) is 5.82 Å². The number of nitrogens with zero attached hydrogens (tertiary/aromatic N) is 2. The van der Waals surface area contributed by atoms with Crippen molar-refractivity contribution in [2.24, 2.45) is 0 Å². The first-order valence-electron chi connectivity index (χ1n) is 9.21. The molecule has 0 amide bonds. The zero-order chi connectivity index (χ0) is 20.2. The van der Waals surface area contributed by atoms with E-state index in [0.717, 1.165) is 22.2 Å². The van der Waals surface area contributed by atoms with Crippen LogP contribution in [-0.2, 0) is 4.74 Å². The largest absolute Gasteiger partial charge is 0.462 e. The second kappa shape index (κ2) is 8.29. The van der Waals surface area contributed by atoms with E-state index in [1.54, 1.807) is 25.1 Å². The average molecular weight is 404 g/mol. The predicted octanol–water partition coefficient (Wildman–Crippen LogP) is 5.87. The molecule has 0 saturated carbocycles. The van der Waals surface area contributed by atoms with Crippen molar-refractivity contribution in [3.63, 3.8) is 0 Å². The Balaban J connectivity index is 1.79. The van der Waals surface area contributed by atoms with E-state index in [2.05, 4.69) is 10.3 Å². The Labute approximate surface area is 173 Å². The van der Waals surface area contributed by atoms with E-state index in [0.29, 0.717) is 28.8 Å². The van der Waals surface area contributed by atoms with Crippen LogP contribution >= 0.6 is 11.6 Å². The van der Waals surface area contributed by atoms with Crippen LogP contribution in [0.25, 0.3) is 22.3 Å². The summed E-state index contributed by atoms with van der Waals surface area (Å²) in [4.78, 5) is 21.4. The first kappa shape index (κ1) is 18.9. The smallest absolute Gasteiger partial charge is 0.338 e. The van der Waals surface area contributed by atoms with E-state index >= 15 is 0 Å². The highest BCUT2D eigenvalue weighted by molar-refractivity contribution is 6.33. The van der Waals surface area contributed by atoms with Gasteiger partial charge in [0.2, 0.25) is 0 Å². The summed E-state index contributed by atoms with van der Waals surface area (Å²) in [6, 6.07) is 22.3. The lowest BCUT2D eigenvalue weighted by Gasteiger charge is -2.12. The number of para-hydroxylation sites is 1. The van der Waals surface area contributed by atoms with E-state index in [-0.39, 0.29) is 5.97 Å². The molecule has 4 aromatic rings. The van der Waals surface area contributed by atoms with Crippen molar-refractivity contribution in [2.45, 2.75) is 6.92 Å². The summed E-state index contributed by atoms with van der Waals surface area (Å²) in [5, 5.41) is 4.76. The fraction of sp³-hybridized carbons (Fsp3) is 0.0870. The molecule has 0 radical (unpaired) electrons. The minimum Gasteiger partial charge on any atom is -0.462 e. The molecule has 0 aliphatic carbocycles. The minimum atomic E-state index is -0.361. The lowest BCUT2D eigenvalue weighted by molar-refractivity contribution is 0.0526. The van der Waals surface area contributed by atoms with E-state index in [4.69, 9.17) is 21.3 Å². The number of anilines is 2. The molecule has 5 nitrogen and oxygen atoms in total. The Kier molecular flexibility index (Phi) is 5.40. The Morgan fingerprint density at radius 3 is 2.62 bits per heavy atom. The molecule has 0 aliphatic heterocycles. The molecule has 0 atom stereocenters. The molecule has 0 unspecified atom stereocenters. The molecule has 0 spiro atoms. The van der Waals surface area contributed by atoms with Crippen LogP contribution in [0.5, 0.6) is 0 Å². The average Bonchev–Trinajstić information content (AvgIpc) is 2.74. The van der Waals surface area contributed by atoms with Crippen molar-refractivity contribution in [1.82, 2.24) is 9.97 Å². The van der Waals surface area contributed by atoms with Gasteiger partial charge < -0.3 is 10.1 Å². The third-order valence-electron chi connectivity index (χ3n) is 4.35. The van der Waals surface area contributed by atoms with Gasteiger partial charge in [0.05, 0.1) is 22.7 Å². The molecule has 0 aliphatic rings. The number of carbonyl (C=O) groups excluding carboxylic acids is 1. The van der Waals surface area contributed by atoms with Crippen LogP contribution in [0.1, 0.15) is 17.3 Å². The van der Waals surface area contributed by atoms with Gasteiger partial charge in [-0.2, -0.15) is 0 Å². The second-order valence-corrected chi connectivity index (χ2v) is 6.73. The Morgan fingerprint density at radius 1 is 1.00 bits per heavy atom. The fourth-order valence-corrected chi connectivity index (χ4v) is 3.23. The lowest BCUT2D eigenvalue weighted by Crippen LogP contribution is -2.05. The van der Waals surface area contributed by atoms with Crippen LogP contribution in [0.3, 0.4) is 0 Å². The molecule has 1 heterocycles. The van der Waals surface area contributed by atoms with E-state index < -0.39 is 0 Å². The van der Waals surface area contributed by atoms with Crippen molar-refractivity contribution >= 4 is 40.0 Å². The number of ether oxygens (including phenoxy) is 1. The van der Waals surface area contributed by atoms with Crippen molar-refractivity contribution in [3.8, 4) is 11.4 Å². The normalized spacial score (nSPS) is 10.7. The lowest BCUT2D eigenvalue weighted by atomic mass is 10.1. The summed E-state index contributed by atoms with van der Waals surface area (Å²) in [7, 11) is 0. The molecule has 3 aromatic carbocycles. The zero-order valence-corrected chi connectivity index (χ0v) is 16.5. The maximum absolute atomic E-state index is 12.0. The molecule has 0 bridgehead atoms. The highest BCUT2D eigenvalue weighted by Gasteiger charge is 2.13. The summed E-state index contributed by atoms with van der Waals surface area (Å²) < 4.78 is 5.09. The maximum atomic E-state index is 12.0. The van der Waals surface area contributed by atoms with Gasteiger partial charge in [0.15, 0.2) is 5.82 Å². The van der Waals surface area contributed by atoms with Crippen molar-refractivity contribution in [3.05, 3.63) is 83.4 Å². The van der Waals surface area contributed by atoms with Gasteiger partial charge in [0, 0.05) is 16.6 Å². The molecule has 29 heavy (non-hydrogen) atoms. The van der Waals surface area contributed by atoms with Gasteiger partial charge >= 0.3 is 5.97 Å². The van der Waals surface area contributed by atoms with Crippen LogP contribution in [-0.4, -0.2) is 22.5 Å². The summed E-state index contributed by atoms with van der Waals surface area (Å²) in [5.74, 6) is 0.797. The van der Waals surface area contributed by atoms with Crippen LogP contribution in [0.15, 0.2) is 72.8 Å². The summed E-state index contributed by atoms with van der Waals surface area (Å²) in [6.45, 7) is 2.11. The van der Waals surface area contributed by atoms with Crippen molar-refractivity contribution < 1.29 is 9.53 Å². The van der Waals surface area contributed by atoms with Gasteiger partial charge in [0.25, 0.3) is 0 Å². The van der Waals surface area contributed by atoms with E-state index in [1.165, 1.54) is 0 Å². The highest BCUT2D eigenvalue weighted by Crippen LogP contribution is 2.30. The molecular weight excluding hydrogens is 386 g/mol. The summed E-state index contributed by atoms with van der Waals surface area (Å²) in [5.41, 5.74) is 2.75. The Hall–Kier alpha value is -3.44. The summed E-state index contributed by atoms with van der Waals surface area (Å²) in [6.07, 6.45) is 0. The molecule has 144 valence electrons. The number of benzene rings is 3. The highest BCUT2D eigenvalue weighted by atomic mass is 35.5. The summed E-state index contributed by atoms with van der Waals surface area (Å²) >= 11 is 6.36. The standard InChI is InChI=1S/C23H18ClN3O2/c1-2-29-23(28)15-8-7-9-16(14-15)25-22-18-11-4-6-13-20(18)26-21(27-22)17-10-3-5-12-19(17)24/h3-14H,2H2,1H3,(H,25,26,27). The van der Waals surface area contributed by atoms with Gasteiger partial charge in [-0.3, -0.25) is 0 Å². The Bertz CT molecular complexity index is 1190. The number of aromatic nitrogens is 2. The quantitative estimate of drug-likeness (QED) is 0.422. The number of hydrogen-bond donors (Lipinski definition) is 1. The molecule has 6 heteroatoms. The zero-order valence-electron chi connectivity index (χ0n) is 15.7. The molecule has 0 saturated heterocycles. The van der Waals surface area contributed by atoms with Gasteiger partial charge in [-0.05, 0) is 49.4 Å². The SMILES string of the molecule is CCOC(=O)c1cccc(Nc2nc(-c3ccccc3Cl)nc3ccccc23)c1. The van der Waals surface area contributed by atoms with Crippen LogP contribution in [0, 0.1) is 0 Å². The first-order valence-corrected chi connectivity index (χ1v) is 9.59. The van der Waals surface area contributed by atoms with Gasteiger partial charge in [-0.1, -0.05) is 41.9 Å². The number of hydrogen-bond acceptors (Lipinski definition) is 5. The monoisotopic (exact) mass is 403 g/mol. The van der Waals surface area contributed by atoms with E-state index in [9.17, 15) is 4.79 Å². The third kappa shape index (κ3) is 4.05. The number of esters is 1. The van der Waals surface area contributed by atoms with Crippen LogP contribution in [0.2, 0.25) is 5.02 Å². The number of fused-ring (bicyclic) bond motifs is 1. The van der Waals surface area contributed by atoms with Crippen LogP contribution < -0.4 is 5.32 Å². The molecule has 1 N–H and O–H groups in total. The molecule has 4 rings (SSSR count). The molecule has 0 fully saturated rings. The van der Waals surface area contributed by atoms with Gasteiger partial charge in [-0.15, -0.1) is 0 Å². The fourth-order valence-electron chi connectivity index (χ4n) is 3.01. The molecular formula is C23H18ClN3O2. The van der Waals surface area contributed by atoms with Crippen molar-refractivity contribution in [1.29, 1.82) is 0 Å². The maximum Gasteiger partial charge on any atom is 0.338 e. The molecule has 1 aromatic heterocycles. The number of halogens is 1. The van der Waals surface area contributed by atoms with Crippen LogP contribution in [0.4, 0.5) is 11.5 Å². The van der Waals surface area contributed by atoms with Crippen molar-refractivity contribution in [2.75, 3.05) is 11.9 Å². The topological polar surface area (TPSA) is 64.1 Å². The minimum absolute atomic E-state index is 0.328. The second-order valence-electron chi connectivity index (χ2n) is 6.32. The Morgan fingerprint density at radius 2 is 1.79 bits per heavy atom.